The van der Waals surface area contributed by atoms with Gasteiger partial charge in [0.1, 0.15) is 5.75 Å². The van der Waals surface area contributed by atoms with Gasteiger partial charge in [-0.2, -0.15) is 0 Å². The Morgan fingerprint density at radius 3 is 2.31 bits per heavy atom. The molecule has 0 fully saturated rings. The number of fused-ring (bicyclic) bond motifs is 1. The zero-order chi connectivity index (χ0) is 23.1. The molecular weight excluding hydrogens is 408 g/mol. The van der Waals surface area contributed by atoms with E-state index >= 15 is 0 Å². The summed E-state index contributed by atoms with van der Waals surface area (Å²) in [7, 11) is 11.0. The zero-order valence-electron chi connectivity index (χ0n) is 19.8. The number of aliphatic imine (C=N–C) groups is 1. The van der Waals surface area contributed by atoms with Crippen LogP contribution in [-0.2, 0) is 6.54 Å². The number of methoxy groups -OCH3 is 3. The lowest BCUT2D eigenvalue weighted by molar-refractivity contribution is 0.262. The van der Waals surface area contributed by atoms with Crippen LogP contribution >= 0.6 is 0 Å². The lowest BCUT2D eigenvalue weighted by Gasteiger charge is -2.30. The molecule has 8 nitrogen and oxygen atoms in total. The average Bonchev–Trinajstić information content (AvgIpc) is 2.80. The highest BCUT2D eigenvalue weighted by Gasteiger charge is 2.25. The largest absolute Gasteiger partial charge is 0.494 e. The summed E-state index contributed by atoms with van der Waals surface area (Å²) in [5.41, 5.74) is 2.90. The molecular formula is C24H34N4O4. The second kappa shape index (κ2) is 11.1. The number of rotatable bonds is 11. The molecule has 0 amide bonds. The molecule has 1 aliphatic rings. The van der Waals surface area contributed by atoms with Crippen LogP contribution in [0.4, 0.5) is 5.69 Å². The maximum absolute atomic E-state index is 5.82. The predicted molar refractivity (Wildman–Crippen MR) is 128 cm³/mol. The first-order chi connectivity index (χ1) is 15.5. The molecule has 8 heteroatoms. The maximum Gasteiger partial charge on any atom is 0.204 e. The van der Waals surface area contributed by atoms with Crippen molar-refractivity contribution in [2.75, 3.05) is 60.9 Å². The summed E-state index contributed by atoms with van der Waals surface area (Å²) in [4.78, 5) is 8.97. The minimum absolute atomic E-state index is 0.215. The molecule has 0 spiro atoms. The lowest BCUT2D eigenvalue weighted by Crippen LogP contribution is -2.38. The van der Waals surface area contributed by atoms with Gasteiger partial charge in [0.2, 0.25) is 5.75 Å². The molecule has 3 rings (SSSR count). The van der Waals surface area contributed by atoms with Gasteiger partial charge in [-0.3, -0.25) is 9.89 Å². The number of hydrogen-bond acceptors (Lipinski definition) is 8. The van der Waals surface area contributed by atoms with Gasteiger partial charge in [-0.05, 0) is 45.3 Å². The third-order valence-corrected chi connectivity index (χ3v) is 5.29. The topological polar surface area (TPSA) is 67.8 Å². The first-order valence-electron chi connectivity index (χ1n) is 10.7. The Bertz CT molecular complexity index is 915. The van der Waals surface area contributed by atoms with Crippen LogP contribution in [0.1, 0.15) is 17.5 Å². The van der Waals surface area contributed by atoms with Crippen molar-refractivity contribution >= 4 is 11.9 Å². The fraction of sp³-hybridized carbons (Fsp3) is 0.458. The van der Waals surface area contributed by atoms with Crippen LogP contribution in [0, 0.1) is 0 Å². The van der Waals surface area contributed by atoms with Gasteiger partial charge in [-0.1, -0.05) is 12.1 Å². The van der Waals surface area contributed by atoms with Gasteiger partial charge in [0, 0.05) is 25.4 Å². The van der Waals surface area contributed by atoms with E-state index in [0.29, 0.717) is 17.2 Å². The minimum Gasteiger partial charge on any atom is -0.494 e. The molecule has 0 saturated carbocycles. The zero-order valence-corrected chi connectivity index (χ0v) is 19.8. The van der Waals surface area contributed by atoms with E-state index in [1.54, 1.807) is 21.3 Å². The van der Waals surface area contributed by atoms with Crippen molar-refractivity contribution in [3.8, 4) is 23.0 Å². The van der Waals surface area contributed by atoms with Crippen molar-refractivity contribution in [3.63, 3.8) is 0 Å². The standard InChI is InChI=1S/C24H34N4O4/c1-27(2)12-7-13-32-18-10-8-17(9-11-18)16-28(3)24-25-15-19-20(26-24)14-21(29-4)23(31-6)22(19)30-5/h8-11,14-15,24,26H,7,12-13,16H2,1-6H3. The number of anilines is 1. The Hall–Kier alpha value is -2.97. The minimum atomic E-state index is -0.215. The van der Waals surface area contributed by atoms with E-state index in [2.05, 4.69) is 46.3 Å². The van der Waals surface area contributed by atoms with Crippen LogP contribution in [0.5, 0.6) is 23.0 Å². The quantitative estimate of drug-likeness (QED) is 0.536. The van der Waals surface area contributed by atoms with E-state index in [9.17, 15) is 0 Å². The SMILES string of the molecule is COc1cc2c(c(OC)c1OC)C=NC(N(C)Cc1ccc(OCCCN(C)C)cc1)N2. The van der Waals surface area contributed by atoms with Gasteiger partial charge in [-0.25, -0.2) is 0 Å². The molecule has 0 saturated heterocycles. The molecule has 0 bridgehead atoms. The lowest BCUT2D eigenvalue weighted by atomic mass is 10.1. The van der Waals surface area contributed by atoms with E-state index in [1.807, 2.05) is 31.5 Å². The van der Waals surface area contributed by atoms with Gasteiger partial charge in [0.25, 0.3) is 0 Å². The Morgan fingerprint density at radius 1 is 0.969 bits per heavy atom. The summed E-state index contributed by atoms with van der Waals surface area (Å²) >= 11 is 0. The summed E-state index contributed by atoms with van der Waals surface area (Å²) in [5, 5.41) is 3.46. The fourth-order valence-corrected chi connectivity index (χ4v) is 3.61. The monoisotopic (exact) mass is 442 g/mol. The third kappa shape index (κ3) is 5.63. The Morgan fingerprint density at radius 2 is 1.69 bits per heavy atom. The summed E-state index contributed by atoms with van der Waals surface area (Å²) in [6.45, 7) is 2.47. The van der Waals surface area contributed by atoms with Crippen molar-refractivity contribution in [2.45, 2.75) is 19.3 Å². The van der Waals surface area contributed by atoms with Crippen LogP contribution < -0.4 is 24.3 Å². The molecule has 0 aromatic heterocycles. The van der Waals surface area contributed by atoms with Crippen LogP contribution in [0.15, 0.2) is 35.3 Å². The third-order valence-electron chi connectivity index (χ3n) is 5.29. The van der Waals surface area contributed by atoms with Crippen molar-refractivity contribution in [1.29, 1.82) is 0 Å². The van der Waals surface area contributed by atoms with E-state index in [1.165, 1.54) is 5.56 Å². The highest BCUT2D eigenvalue weighted by molar-refractivity contribution is 5.95. The average molecular weight is 443 g/mol. The molecule has 2 aromatic carbocycles. The second-order valence-corrected chi connectivity index (χ2v) is 7.97. The Balaban J connectivity index is 1.63. The highest BCUT2D eigenvalue weighted by atomic mass is 16.5. The van der Waals surface area contributed by atoms with Crippen LogP contribution in [0.25, 0.3) is 0 Å². The molecule has 1 atom stereocenters. The Labute approximate surface area is 190 Å². The maximum atomic E-state index is 5.82. The van der Waals surface area contributed by atoms with E-state index in [4.69, 9.17) is 18.9 Å². The van der Waals surface area contributed by atoms with E-state index in [0.717, 1.165) is 43.1 Å². The molecule has 1 heterocycles. The molecule has 1 N–H and O–H groups in total. The first kappa shape index (κ1) is 23.7. The number of nitrogens with zero attached hydrogens (tertiary/aromatic N) is 3. The summed E-state index contributed by atoms with van der Waals surface area (Å²) in [6, 6.07) is 10.1. The summed E-state index contributed by atoms with van der Waals surface area (Å²) in [5.74, 6) is 2.65. The van der Waals surface area contributed by atoms with Gasteiger partial charge in [0.15, 0.2) is 17.8 Å². The number of nitrogens with one attached hydrogen (secondary N) is 1. The first-order valence-corrected chi connectivity index (χ1v) is 10.7. The van der Waals surface area contributed by atoms with Crippen LogP contribution in [-0.4, -0.2) is 77.9 Å². The molecule has 1 aliphatic heterocycles. The molecule has 0 radical (unpaired) electrons. The predicted octanol–water partition coefficient (Wildman–Crippen LogP) is 3.30. The van der Waals surface area contributed by atoms with Gasteiger partial charge < -0.3 is 29.2 Å². The van der Waals surface area contributed by atoms with Crippen LogP contribution in [0.2, 0.25) is 0 Å². The van der Waals surface area contributed by atoms with Crippen molar-refractivity contribution in [1.82, 2.24) is 9.80 Å². The summed E-state index contributed by atoms with van der Waals surface area (Å²) in [6.07, 6.45) is 2.61. The molecule has 0 aliphatic carbocycles. The molecule has 2 aromatic rings. The van der Waals surface area contributed by atoms with E-state index in [-0.39, 0.29) is 6.29 Å². The van der Waals surface area contributed by atoms with E-state index < -0.39 is 0 Å². The fourth-order valence-electron chi connectivity index (χ4n) is 3.61. The smallest absolute Gasteiger partial charge is 0.204 e. The normalized spacial score (nSPS) is 14.8. The van der Waals surface area contributed by atoms with Gasteiger partial charge >= 0.3 is 0 Å². The molecule has 32 heavy (non-hydrogen) atoms. The summed E-state index contributed by atoms with van der Waals surface area (Å²) < 4.78 is 22.3. The number of hydrogen-bond donors (Lipinski definition) is 1. The second-order valence-electron chi connectivity index (χ2n) is 7.97. The molecule has 1 unspecified atom stereocenters. The van der Waals surface area contributed by atoms with Crippen molar-refractivity contribution in [2.24, 2.45) is 4.99 Å². The van der Waals surface area contributed by atoms with Gasteiger partial charge in [-0.15, -0.1) is 0 Å². The van der Waals surface area contributed by atoms with Crippen LogP contribution in [0.3, 0.4) is 0 Å². The number of ether oxygens (including phenoxy) is 4. The van der Waals surface area contributed by atoms with Gasteiger partial charge in [0.05, 0.1) is 39.2 Å². The Kier molecular flexibility index (Phi) is 8.19. The highest BCUT2D eigenvalue weighted by Crippen LogP contribution is 2.44. The molecule has 174 valence electrons. The van der Waals surface area contributed by atoms with Crippen molar-refractivity contribution < 1.29 is 18.9 Å². The van der Waals surface area contributed by atoms with Crippen molar-refractivity contribution in [3.05, 3.63) is 41.5 Å². The number of benzene rings is 2.